The smallest absolute Gasteiger partial charge is 0.268 e. The fourth-order valence-corrected chi connectivity index (χ4v) is 3.50. The van der Waals surface area contributed by atoms with Gasteiger partial charge in [0.1, 0.15) is 11.4 Å². The van der Waals surface area contributed by atoms with Crippen molar-refractivity contribution in [2.75, 3.05) is 20.7 Å². The number of para-hydroxylation sites is 1. The van der Waals surface area contributed by atoms with Crippen molar-refractivity contribution in [2.45, 2.75) is 46.6 Å². The molecule has 162 valence electrons. The van der Waals surface area contributed by atoms with Gasteiger partial charge in [-0.15, -0.1) is 0 Å². The molecule has 1 heterocycles. The zero-order valence-corrected chi connectivity index (χ0v) is 18.6. The first-order chi connectivity index (χ1) is 14.2. The van der Waals surface area contributed by atoms with E-state index in [0.29, 0.717) is 35.5 Å². The van der Waals surface area contributed by atoms with Crippen molar-refractivity contribution in [3.63, 3.8) is 0 Å². The molecule has 7 heteroatoms. The van der Waals surface area contributed by atoms with Crippen LogP contribution in [0.2, 0.25) is 0 Å². The molecule has 0 spiro atoms. The standard InChI is InChI=1S/C23H31N3O4/c1-7-16-21(15(4)27)14(3)24-22(16)23(29)25-18(8-2)17-11-9-10-12-19(17)30-13-20(28)26(5)6/h9-12,18,24H,7-8,13H2,1-6H3,(H,25,29). The Kier molecular flexibility index (Phi) is 7.80. The molecular formula is C23H31N3O4. The normalized spacial score (nSPS) is 11.7. The molecule has 2 N–H and O–H groups in total. The number of carbonyl (C=O) groups excluding carboxylic acids is 3. The molecule has 1 unspecified atom stereocenters. The summed E-state index contributed by atoms with van der Waals surface area (Å²) in [6.45, 7) is 7.12. The number of rotatable bonds is 9. The summed E-state index contributed by atoms with van der Waals surface area (Å²) in [7, 11) is 3.34. The Morgan fingerprint density at radius 3 is 2.40 bits per heavy atom. The Bertz CT molecular complexity index is 931. The van der Waals surface area contributed by atoms with Crippen LogP contribution >= 0.6 is 0 Å². The van der Waals surface area contributed by atoms with Crippen LogP contribution < -0.4 is 10.1 Å². The lowest BCUT2D eigenvalue weighted by atomic mass is 10.0. The Hall–Kier alpha value is -3.09. The highest BCUT2D eigenvalue weighted by Gasteiger charge is 2.24. The number of Topliss-reactive ketones (excluding diaryl/α,β-unsaturated/α-hetero) is 1. The van der Waals surface area contributed by atoms with Gasteiger partial charge in [-0.2, -0.15) is 0 Å². The van der Waals surface area contributed by atoms with E-state index in [1.165, 1.54) is 11.8 Å². The van der Waals surface area contributed by atoms with Crippen LogP contribution in [0.4, 0.5) is 0 Å². The number of aryl methyl sites for hydroxylation is 1. The number of nitrogens with one attached hydrogen (secondary N) is 2. The second-order valence-electron chi connectivity index (χ2n) is 7.44. The summed E-state index contributed by atoms with van der Waals surface area (Å²) in [5, 5.41) is 3.05. The fourth-order valence-electron chi connectivity index (χ4n) is 3.50. The lowest BCUT2D eigenvalue weighted by molar-refractivity contribution is -0.130. The SMILES string of the molecule is CCc1c(C(=O)NC(CC)c2ccccc2OCC(=O)N(C)C)[nH]c(C)c1C(C)=O. The van der Waals surface area contributed by atoms with Gasteiger partial charge >= 0.3 is 0 Å². The highest BCUT2D eigenvalue weighted by Crippen LogP contribution is 2.28. The zero-order valence-electron chi connectivity index (χ0n) is 18.6. The highest BCUT2D eigenvalue weighted by atomic mass is 16.5. The van der Waals surface area contributed by atoms with Crippen LogP contribution in [-0.2, 0) is 11.2 Å². The second-order valence-corrected chi connectivity index (χ2v) is 7.44. The van der Waals surface area contributed by atoms with Crippen molar-refractivity contribution in [1.82, 2.24) is 15.2 Å². The highest BCUT2D eigenvalue weighted by molar-refractivity contribution is 6.02. The van der Waals surface area contributed by atoms with Crippen LogP contribution in [0, 0.1) is 6.92 Å². The number of amides is 2. The summed E-state index contributed by atoms with van der Waals surface area (Å²) in [5.41, 5.74) is 3.23. The molecule has 2 rings (SSSR count). The molecule has 0 aliphatic heterocycles. The first-order valence-corrected chi connectivity index (χ1v) is 10.2. The van der Waals surface area contributed by atoms with Crippen LogP contribution in [0.5, 0.6) is 5.75 Å². The van der Waals surface area contributed by atoms with Gasteiger partial charge in [-0.1, -0.05) is 32.0 Å². The van der Waals surface area contributed by atoms with E-state index in [1.54, 1.807) is 27.1 Å². The number of hydrogen-bond acceptors (Lipinski definition) is 4. The third-order valence-corrected chi connectivity index (χ3v) is 5.08. The van der Waals surface area contributed by atoms with Gasteiger partial charge in [0.25, 0.3) is 11.8 Å². The number of H-pyrrole nitrogens is 1. The van der Waals surface area contributed by atoms with Gasteiger partial charge in [0, 0.05) is 30.9 Å². The van der Waals surface area contributed by atoms with Gasteiger partial charge in [-0.3, -0.25) is 14.4 Å². The van der Waals surface area contributed by atoms with E-state index in [9.17, 15) is 14.4 Å². The molecule has 1 aromatic heterocycles. The first kappa shape index (κ1) is 23.2. The monoisotopic (exact) mass is 413 g/mol. The maximum absolute atomic E-state index is 13.1. The van der Waals surface area contributed by atoms with Crippen LogP contribution in [0.15, 0.2) is 24.3 Å². The number of benzene rings is 1. The van der Waals surface area contributed by atoms with Gasteiger partial charge in [-0.25, -0.2) is 0 Å². The number of aromatic amines is 1. The van der Waals surface area contributed by atoms with Gasteiger partial charge in [-0.05, 0) is 38.3 Å². The number of ketones is 1. The molecule has 0 aliphatic rings. The summed E-state index contributed by atoms with van der Waals surface area (Å²) >= 11 is 0. The van der Waals surface area contributed by atoms with Crippen LogP contribution in [0.25, 0.3) is 0 Å². The maximum atomic E-state index is 13.1. The average Bonchev–Trinajstić information content (AvgIpc) is 3.06. The Balaban J connectivity index is 2.28. The summed E-state index contributed by atoms with van der Waals surface area (Å²) in [6.07, 6.45) is 1.21. The van der Waals surface area contributed by atoms with Gasteiger partial charge in [0.2, 0.25) is 0 Å². The Morgan fingerprint density at radius 2 is 1.83 bits per heavy atom. The predicted octanol–water partition coefficient (Wildman–Crippen LogP) is 3.44. The number of aromatic nitrogens is 1. The number of carbonyl (C=O) groups is 3. The van der Waals surface area contributed by atoms with E-state index in [0.717, 1.165) is 11.1 Å². The van der Waals surface area contributed by atoms with E-state index in [-0.39, 0.29) is 30.2 Å². The molecule has 0 saturated carbocycles. The molecule has 7 nitrogen and oxygen atoms in total. The molecule has 2 aromatic rings. The minimum atomic E-state index is -0.308. The van der Waals surface area contributed by atoms with E-state index in [4.69, 9.17) is 4.74 Å². The summed E-state index contributed by atoms with van der Waals surface area (Å²) < 4.78 is 5.73. The fraction of sp³-hybridized carbons (Fsp3) is 0.435. The van der Waals surface area contributed by atoms with E-state index in [2.05, 4.69) is 10.3 Å². The molecule has 0 fully saturated rings. The lowest BCUT2D eigenvalue weighted by Crippen LogP contribution is -2.30. The quantitative estimate of drug-likeness (QED) is 0.616. The van der Waals surface area contributed by atoms with Crippen LogP contribution in [0.3, 0.4) is 0 Å². The van der Waals surface area contributed by atoms with Gasteiger partial charge in [0.15, 0.2) is 12.4 Å². The summed E-state index contributed by atoms with van der Waals surface area (Å²) in [6, 6.07) is 7.06. The molecule has 30 heavy (non-hydrogen) atoms. The molecule has 0 aliphatic carbocycles. The Labute approximate surface area is 177 Å². The lowest BCUT2D eigenvalue weighted by Gasteiger charge is -2.21. The molecule has 1 aromatic carbocycles. The topological polar surface area (TPSA) is 91.5 Å². The van der Waals surface area contributed by atoms with Crippen molar-refractivity contribution < 1.29 is 19.1 Å². The number of nitrogens with zero attached hydrogens (tertiary/aromatic N) is 1. The minimum Gasteiger partial charge on any atom is -0.483 e. The summed E-state index contributed by atoms with van der Waals surface area (Å²) in [4.78, 5) is 41.5. The third-order valence-electron chi connectivity index (χ3n) is 5.08. The predicted molar refractivity (Wildman–Crippen MR) is 116 cm³/mol. The molecule has 2 amide bonds. The minimum absolute atomic E-state index is 0.0593. The molecule has 0 bridgehead atoms. The van der Waals surface area contributed by atoms with Crippen molar-refractivity contribution in [3.8, 4) is 5.75 Å². The number of ether oxygens (including phenoxy) is 1. The molecule has 0 saturated heterocycles. The van der Waals surface area contributed by atoms with E-state index >= 15 is 0 Å². The molecule has 1 atom stereocenters. The van der Waals surface area contributed by atoms with E-state index in [1.807, 2.05) is 32.0 Å². The van der Waals surface area contributed by atoms with Crippen LogP contribution in [-0.4, -0.2) is 48.2 Å². The zero-order chi connectivity index (χ0) is 22.4. The van der Waals surface area contributed by atoms with Gasteiger partial charge in [0.05, 0.1) is 6.04 Å². The largest absolute Gasteiger partial charge is 0.483 e. The Morgan fingerprint density at radius 1 is 1.17 bits per heavy atom. The third kappa shape index (κ3) is 5.09. The van der Waals surface area contributed by atoms with Gasteiger partial charge < -0.3 is 19.9 Å². The number of hydrogen-bond donors (Lipinski definition) is 2. The molecule has 0 radical (unpaired) electrons. The maximum Gasteiger partial charge on any atom is 0.268 e. The molecular weight excluding hydrogens is 382 g/mol. The second kappa shape index (κ2) is 10.1. The van der Waals surface area contributed by atoms with Crippen molar-refractivity contribution >= 4 is 17.6 Å². The van der Waals surface area contributed by atoms with Crippen molar-refractivity contribution in [3.05, 3.63) is 52.3 Å². The van der Waals surface area contributed by atoms with Crippen LogP contribution in [0.1, 0.15) is 70.9 Å². The van der Waals surface area contributed by atoms with Crippen molar-refractivity contribution in [1.29, 1.82) is 0 Å². The number of likely N-dealkylation sites (N-methyl/N-ethyl adjacent to an activating group) is 1. The van der Waals surface area contributed by atoms with E-state index < -0.39 is 0 Å². The average molecular weight is 414 g/mol. The van der Waals surface area contributed by atoms with Crippen molar-refractivity contribution in [2.24, 2.45) is 0 Å². The first-order valence-electron chi connectivity index (χ1n) is 10.2. The summed E-state index contributed by atoms with van der Waals surface area (Å²) in [5.74, 6) is 0.0835.